The van der Waals surface area contributed by atoms with Gasteiger partial charge in [0.05, 0.1) is 12.1 Å². The second-order valence-corrected chi connectivity index (χ2v) is 6.39. The second kappa shape index (κ2) is 5.30. The summed E-state index contributed by atoms with van der Waals surface area (Å²) in [5.74, 6) is -0.768. The lowest BCUT2D eigenvalue weighted by atomic mass is 10.1. The van der Waals surface area contributed by atoms with Gasteiger partial charge < -0.3 is 10.0 Å². The zero-order valence-electron chi connectivity index (χ0n) is 10.3. The molecule has 2 aromatic heterocycles. The number of hydrogen-bond acceptors (Lipinski definition) is 5. The topological polar surface area (TPSA) is 53.4 Å². The van der Waals surface area contributed by atoms with E-state index in [-0.39, 0.29) is 6.42 Å². The van der Waals surface area contributed by atoms with E-state index in [2.05, 4.69) is 21.3 Å². The average Bonchev–Trinajstić information content (AvgIpc) is 3.04. The Kier molecular flexibility index (Phi) is 3.52. The number of hydrogen-bond donors (Lipinski definition) is 1. The molecular formula is C13H14N2O2S2. The van der Waals surface area contributed by atoms with Crippen molar-refractivity contribution in [3.63, 3.8) is 0 Å². The van der Waals surface area contributed by atoms with Gasteiger partial charge in [-0.1, -0.05) is 0 Å². The van der Waals surface area contributed by atoms with Gasteiger partial charge in [-0.2, -0.15) is 0 Å². The third kappa shape index (κ3) is 2.79. The predicted molar refractivity (Wildman–Crippen MR) is 77.1 cm³/mol. The Balaban J connectivity index is 1.68. The first-order valence-electron chi connectivity index (χ1n) is 6.19. The summed E-state index contributed by atoms with van der Waals surface area (Å²) in [5, 5.41) is 13.8. The van der Waals surface area contributed by atoms with Crippen LogP contribution in [0.4, 0.5) is 5.13 Å². The van der Waals surface area contributed by atoms with Gasteiger partial charge in [0.15, 0.2) is 5.13 Å². The van der Waals surface area contributed by atoms with Crippen LogP contribution in [0.1, 0.15) is 22.6 Å². The molecule has 1 N–H and O–H groups in total. The van der Waals surface area contributed by atoms with Crippen LogP contribution in [0.2, 0.25) is 0 Å². The van der Waals surface area contributed by atoms with Crippen molar-refractivity contribution in [1.29, 1.82) is 0 Å². The van der Waals surface area contributed by atoms with Gasteiger partial charge >= 0.3 is 5.97 Å². The van der Waals surface area contributed by atoms with Gasteiger partial charge in [0.25, 0.3) is 0 Å². The van der Waals surface area contributed by atoms with Gasteiger partial charge in [-0.15, -0.1) is 22.7 Å². The number of thiophene rings is 1. The van der Waals surface area contributed by atoms with E-state index < -0.39 is 5.97 Å². The molecule has 0 amide bonds. The Morgan fingerprint density at radius 2 is 2.37 bits per heavy atom. The number of aliphatic carboxylic acids is 1. The van der Waals surface area contributed by atoms with Crippen LogP contribution in [0.5, 0.6) is 0 Å². The zero-order valence-corrected chi connectivity index (χ0v) is 12.0. The maximum absolute atomic E-state index is 10.6. The largest absolute Gasteiger partial charge is 0.481 e. The van der Waals surface area contributed by atoms with Crippen LogP contribution < -0.4 is 4.90 Å². The molecule has 0 saturated carbocycles. The van der Waals surface area contributed by atoms with Gasteiger partial charge in [0, 0.05) is 29.8 Å². The molecule has 1 aliphatic rings. The van der Waals surface area contributed by atoms with Crippen LogP contribution in [0, 0.1) is 0 Å². The third-order valence-electron chi connectivity index (χ3n) is 3.21. The van der Waals surface area contributed by atoms with Crippen molar-refractivity contribution in [2.24, 2.45) is 0 Å². The van der Waals surface area contributed by atoms with Crippen molar-refractivity contribution in [2.75, 3.05) is 11.4 Å². The summed E-state index contributed by atoms with van der Waals surface area (Å²) in [4.78, 5) is 18.9. The van der Waals surface area contributed by atoms with E-state index in [9.17, 15) is 4.79 Å². The fourth-order valence-corrected chi connectivity index (χ4v) is 3.98. The monoisotopic (exact) mass is 294 g/mol. The molecule has 0 atom stereocenters. The van der Waals surface area contributed by atoms with E-state index in [4.69, 9.17) is 5.11 Å². The van der Waals surface area contributed by atoms with Crippen LogP contribution in [0.15, 0.2) is 16.8 Å². The Hall–Kier alpha value is -1.40. The Labute approximate surface area is 119 Å². The van der Waals surface area contributed by atoms with Gasteiger partial charge in [-0.25, -0.2) is 4.98 Å². The molecule has 100 valence electrons. The average molecular weight is 294 g/mol. The predicted octanol–water partition coefficient (Wildman–Crippen LogP) is 2.78. The lowest BCUT2D eigenvalue weighted by Crippen LogP contribution is -2.29. The molecule has 0 aliphatic carbocycles. The summed E-state index contributed by atoms with van der Waals surface area (Å²) < 4.78 is 0. The number of thiazole rings is 1. The standard InChI is InChI=1S/C13H14N2O2S2/c16-12(17)2-1-10-8-19-13(14-10)15-5-3-11-9(7-15)4-6-18-11/h4,6,8H,1-3,5,7H2,(H,16,17). The number of fused-ring (bicyclic) bond motifs is 1. The molecule has 3 rings (SSSR count). The molecule has 0 unspecified atom stereocenters. The van der Waals surface area contributed by atoms with Crippen LogP contribution in [0.25, 0.3) is 0 Å². The second-order valence-electron chi connectivity index (χ2n) is 4.56. The van der Waals surface area contributed by atoms with Crippen LogP contribution >= 0.6 is 22.7 Å². The summed E-state index contributed by atoms with van der Waals surface area (Å²) >= 11 is 3.44. The first-order valence-corrected chi connectivity index (χ1v) is 7.94. The summed E-state index contributed by atoms with van der Waals surface area (Å²) in [6, 6.07) is 2.19. The first kappa shape index (κ1) is 12.6. The minimum absolute atomic E-state index is 0.151. The lowest BCUT2D eigenvalue weighted by molar-refractivity contribution is -0.136. The lowest BCUT2D eigenvalue weighted by Gasteiger charge is -2.26. The molecule has 0 spiro atoms. The SMILES string of the molecule is O=C(O)CCc1csc(N2CCc3sccc3C2)n1. The fraction of sp³-hybridized carbons (Fsp3) is 0.385. The van der Waals surface area contributed by atoms with Crippen molar-refractivity contribution in [3.05, 3.63) is 33.0 Å². The number of nitrogens with zero attached hydrogens (tertiary/aromatic N) is 2. The minimum Gasteiger partial charge on any atom is -0.481 e. The summed E-state index contributed by atoms with van der Waals surface area (Å²) in [7, 11) is 0. The molecule has 0 radical (unpaired) electrons. The highest BCUT2D eigenvalue weighted by atomic mass is 32.1. The number of carboxylic acid groups (broad SMARTS) is 1. The van der Waals surface area contributed by atoms with E-state index in [0.717, 1.165) is 30.3 Å². The number of rotatable bonds is 4. The summed E-state index contributed by atoms with van der Waals surface area (Å²) in [6.45, 7) is 1.92. The van der Waals surface area contributed by atoms with E-state index >= 15 is 0 Å². The number of carbonyl (C=O) groups is 1. The molecular weight excluding hydrogens is 280 g/mol. The van der Waals surface area contributed by atoms with Crippen molar-refractivity contribution < 1.29 is 9.90 Å². The van der Waals surface area contributed by atoms with Gasteiger partial charge in [-0.3, -0.25) is 4.79 Å². The number of aromatic nitrogens is 1. The molecule has 19 heavy (non-hydrogen) atoms. The molecule has 6 heteroatoms. The Morgan fingerprint density at radius 1 is 1.47 bits per heavy atom. The number of anilines is 1. The van der Waals surface area contributed by atoms with Gasteiger partial charge in [0.1, 0.15) is 0 Å². The maximum atomic E-state index is 10.6. The van der Waals surface area contributed by atoms with Gasteiger partial charge in [0.2, 0.25) is 0 Å². The summed E-state index contributed by atoms with van der Waals surface area (Å²) in [5.41, 5.74) is 2.29. The smallest absolute Gasteiger partial charge is 0.303 e. The molecule has 0 aromatic carbocycles. The molecule has 3 heterocycles. The first-order chi connectivity index (χ1) is 9.22. The van der Waals surface area contributed by atoms with Crippen molar-refractivity contribution in [3.8, 4) is 0 Å². The molecule has 0 bridgehead atoms. The highest BCUT2D eigenvalue weighted by Crippen LogP contribution is 2.29. The fourth-order valence-electron chi connectivity index (χ4n) is 2.20. The van der Waals surface area contributed by atoms with Crippen molar-refractivity contribution in [1.82, 2.24) is 4.98 Å². The van der Waals surface area contributed by atoms with Crippen LogP contribution in [-0.2, 0) is 24.2 Å². The minimum atomic E-state index is -0.768. The molecule has 4 nitrogen and oxygen atoms in total. The van der Waals surface area contributed by atoms with E-state index in [0.29, 0.717) is 6.42 Å². The van der Waals surface area contributed by atoms with Crippen LogP contribution in [-0.4, -0.2) is 22.6 Å². The molecule has 1 aliphatic heterocycles. The normalized spacial score (nSPS) is 14.4. The zero-order chi connectivity index (χ0) is 13.2. The highest BCUT2D eigenvalue weighted by molar-refractivity contribution is 7.13. The highest BCUT2D eigenvalue weighted by Gasteiger charge is 2.19. The maximum Gasteiger partial charge on any atom is 0.303 e. The number of carboxylic acids is 1. The van der Waals surface area contributed by atoms with Crippen molar-refractivity contribution in [2.45, 2.75) is 25.8 Å². The third-order valence-corrected chi connectivity index (χ3v) is 5.19. The molecule has 0 fully saturated rings. The van der Waals surface area contributed by atoms with E-state index in [1.165, 1.54) is 10.4 Å². The summed E-state index contributed by atoms with van der Waals surface area (Å²) in [6.07, 6.45) is 1.75. The molecule has 0 saturated heterocycles. The Morgan fingerprint density at radius 3 is 3.21 bits per heavy atom. The van der Waals surface area contributed by atoms with Gasteiger partial charge in [-0.05, 0) is 23.4 Å². The van der Waals surface area contributed by atoms with Crippen LogP contribution in [0.3, 0.4) is 0 Å². The van der Waals surface area contributed by atoms with E-state index in [1.807, 2.05) is 16.7 Å². The quantitative estimate of drug-likeness (QED) is 0.942. The molecule has 2 aromatic rings. The van der Waals surface area contributed by atoms with E-state index in [1.54, 1.807) is 11.3 Å². The van der Waals surface area contributed by atoms with Crippen molar-refractivity contribution >= 4 is 33.8 Å². The Bertz CT molecular complexity index is 591. The number of aryl methyl sites for hydroxylation is 1.